The number of carbonyl (C=O) groups is 1. The molecule has 1 unspecified atom stereocenters. The molecule has 0 spiro atoms. The topological polar surface area (TPSA) is 35.5 Å². The Balaban J connectivity index is 4.57. The minimum atomic E-state index is -0.726. The average molecular weight is 230 g/mol. The van der Waals surface area contributed by atoms with E-state index < -0.39 is 5.79 Å². The van der Waals surface area contributed by atoms with Gasteiger partial charge in [-0.3, -0.25) is 4.79 Å². The van der Waals surface area contributed by atoms with Gasteiger partial charge in [0.1, 0.15) is 0 Å². The molecule has 0 aliphatic rings. The summed E-state index contributed by atoms with van der Waals surface area (Å²) >= 11 is 0. The molecule has 0 fully saturated rings. The summed E-state index contributed by atoms with van der Waals surface area (Å²) in [7, 11) is 0. The molecule has 16 heavy (non-hydrogen) atoms. The zero-order valence-electron chi connectivity index (χ0n) is 11.3. The summed E-state index contributed by atoms with van der Waals surface area (Å²) in [4.78, 5) is 11.2. The zero-order valence-corrected chi connectivity index (χ0v) is 11.3. The standard InChI is InChI=1S/C13H26O3/c1-6-8-10-15-13(9-7-2,11(3)4)16-12(5)14/h11H,6-10H2,1-5H3. The predicted molar refractivity (Wildman–Crippen MR) is 65.1 cm³/mol. The van der Waals surface area contributed by atoms with Gasteiger partial charge in [0, 0.05) is 19.3 Å². The van der Waals surface area contributed by atoms with E-state index in [2.05, 4.69) is 13.8 Å². The maximum atomic E-state index is 11.2. The number of carbonyl (C=O) groups excluding carboxylic acids is 1. The molecule has 0 aromatic heterocycles. The highest BCUT2D eigenvalue weighted by atomic mass is 16.7. The molecule has 3 heteroatoms. The third kappa shape index (κ3) is 4.97. The summed E-state index contributed by atoms with van der Waals surface area (Å²) in [6.45, 7) is 10.4. The van der Waals surface area contributed by atoms with E-state index >= 15 is 0 Å². The van der Waals surface area contributed by atoms with Gasteiger partial charge in [0.2, 0.25) is 5.79 Å². The van der Waals surface area contributed by atoms with Gasteiger partial charge in [0.25, 0.3) is 0 Å². The molecular formula is C13H26O3. The Morgan fingerprint density at radius 3 is 2.25 bits per heavy atom. The van der Waals surface area contributed by atoms with E-state index in [0.29, 0.717) is 6.61 Å². The lowest BCUT2D eigenvalue weighted by atomic mass is 9.97. The zero-order chi connectivity index (χ0) is 12.6. The third-order valence-electron chi connectivity index (χ3n) is 2.64. The van der Waals surface area contributed by atoms with Gasteiger partial charge in [-0.25, -0.2) is 0 Å². The van der Waals surface area contributed by atoms with Crippen molar-refractivity contribution in [1.82, 2.24) is 0 Å². The highest BCUT2D eigenvalue weighted by Crippen LogP contribution is 2.29. The SMILES string of the molecule is CCCCOC(CCC)(OC(C)=O)C(C)C. The summed E-state index contributed by atoms with van der Waals surface area (Å²) < 4.78 is 11.3. The second-order valence-electron chi connectivity index (χ2n) is 4.51. The van der Waals surface area contributed by atoms with Gasteiger partial charge in [-0.05, 0) is 12.8 Å². The predicted octanol–water partition coefficient (Wildman–Crippen LogP) is 3.52. The first-order chi connectivity index (χ1) is 7.48. The number of unbranched alkanes of at least 4 members (excludes halogenated alkanes) is 1. The van der Waals surface area contributed by atoms with Gasteiger partial charge < -0.3 is 9.47 Å². The van der Waals surface area contributed by atoms with Gasteiger partial charge in [-0.1, -0.05) is 34.1 Å². The van der Waals surface area contributed by atoms with Crippen molar-refractivity contribution in [3.8, 4) is 0 Å². The maximum absolute atomic E-state index is 11.2. The van der Waals surface area contributed by atoms with Crippen LogP contribution in [0, 0.1) is 5.92 Å². The van der Waals surface area contributed by atoms with Crippen LogP contribution >= 0.6 is 0 Å². The van der Waals surface area contributed by atoms with Crippen LogP contribution in [-0.4, -0.2) is 18.4 Å². The second-order valence-corrected chi connectivity index (χ2v) is 4.51. The summed E-state index contributed by atoms with van der Waals surface area (Å²) in [6.07, 6.45) is 3.78. The Bertz CT molecular complexity index is 201. The quantitative estimate of drug-likeness (QED) is 0.363. The Hall–Kier alpha value is -0.570. The van der Waals surface area contributed by atoms with E-state index in [1.807, 2.05) is 13.8 Å². The fraction of sp³-hybridized carbons (Fsp3) is 0.923. The Morgan fingerprint density at radius 1 is 1.25 bits per heavy atom. The van der Waals surface area contributed by atoms with Crippen LogP contribution in [0.1, 0.15) is 60.3 Å². The summed E-state index contributed by atoms with van der Waals surface area (Å²) in [5.74, 6) is -0.817. The molecule has 0 amide bonds. The first-order valence-electron chi connectivity index (χ1n) is 6.32. The molecule has 0 saturated heterocycles. The van der Waals surface area contributed by atoms with Crippen LogP contribution in [0.2, 0.25) is 0 Å². The number of hydrogen-bond donors (Lipinski definition) is 0. The van der Waals surface area contributed by atoms with Crippen LogP contribution in [0.4, 0.5) is 0 Å². The van der Waals surface area contributed by atoms with E-state index in [1.165, 1.54) is 6.92 Å². The van der Waals surface area contributed by atoms with Crippen LogP contribution in [0.15, 0.2) is 0 Å². The number of ether oxygens (including phenoxy) is 2. The smallest absolute Gasteiger partial charge is 0.305 e. The average Bonchev–Trinajstić information content (AvgIpc) is 2.17. The molecule has 3 nitrogen and oxygen atoms in total. The fourth-order valence-corrected chi connectivity index (χ4v) is 1.71. The number of esters is 1. The first kappa shape index (κ1) is 15.4. The van der Waals surface area contributed by atoms with E-state index in [-0.39, 0.29) is 11.9 Å². The van der Waals surface area contributed by atoms with Gasteiger partial charge in [0.05, 0.1) is 6.61 Å². The van der Waals surface area contributed by atoms with Gasteiger partial charge in [-0.15, -0.1) is 0 Å². The second kappa shape index (κ2) is 7.66. The molecule has 96 valence electrons. The van der Waals surface area contributed by atoms with Gasteiger partial charge in [0.15, 0.2) is 0 Å². The largest absolute Gasteiger partial charge is 0.433 e. The highest BCUT2D eigenvalue weighted by molar-refractivity contribution is 5.66. The van der Waals surface area contributed by atoms with Crippen molar-refractivity contribution in [3.63, 3.8) is 0 Å². The van der Waals surface area contributed by atoms with E-state index in [4.69, 9.17) is 9.47 Å². The molecule has 0 radical (unpaired) electrons. The fourth-order valence-electron chi connectivity index (χ4n) is 1.71. The lowest BCUT2D eigenvalue weighted by molar-refractivity contribution is -0.254. The molecule has 0 N–H and O–H groups in total. The highest BCUT2D eigenvalue weighted by Gasteiger charge is 2.37. The summed E-state index contributed by atoms with van der Waals surface area (Å²) in [6, 6.07) is 0. The van der Waals surface area contributed by atoms with Crippen LogP contribution in [0.5, 0.6) is 0 Å². The van der Waals surface area contributed by atoms with E-state index in [0.717, 1.165) is 25.7 Å². The molecule has 0 bridgehead atoms. The Kier molecular flexibility index (Phi) is 7.39. The van der Waals surface area contributed by atoms with Gasteiger partial charge >= 0.3 is 5.97 Å². The summed E-state index contributed by atoms with van der Waals surface area (Å²) in [5.41, 5.74) is 0. The van der Waals surface area contributed by atoms with Crippen molar-refractivity contribution in [2.45, 2.75) is 66.1 Å². The van der Waals surface area contributed by atoms with Gasteiger partial charge in [-0.2, -0.15) is 0 Å². The molecule has 0 aliphatic carbocycles. The van der Waals surface area contributed by atoms with Crippen LogP contribution in [0.3, 0.4) is 0 Å². The van der Waals surface area contributed by atoms with Crippen LogP contribution < -0.4 is 0 Å². The molecule has 0 aromatic carbocycles. The molecular weight excluding hydrogens is 204 g/mol. The lowest BCUT2D eigenvalue weighted by Gasteiger charge is -2.36. The lowest BCUT2D eigenvalue weighted by Crippen LogP contribution is -2.43. The van der Waals surface area contributed by atoms with Crippen molar-refractivity contribution in [2.75, 3.05) is 6.61 Å². The van der Waals surface area contributed by atoms with Crippen molar-refractivity contribution >= 4 is 5.97 Å². The molecule has 0 aromatic rings. The molecule has 0 saturated carbocycles. The Labute approximate surface area is 99.5 Å². The monoisotopic (exact) mass is 230 g/mol. The summed E-state index contributed by atoms with van der Waals surface area (Å²) in [5, 5.41) is 0. The van der Waals surface area contributed by atoms with E-state index in [9.17, 15) is 4.79 Å². The van der Waals surface area contributed by atoms with Crippen molar-refractivity contribution < 1.29 is 14.3 Å². The minimum absolute atomic E-state index is 0.174. The maximum Gasteiger partial charge on any atom is 0.305 e. The normalized spacial score (nSPS) is 14.9. The molecule has 0 heterocycles. The third-order valence-corrected chi connectivity index (χ3v) is 2.64. The van der Waals surface area contributed by atoms with E-state index in [1.54, 1.807) is 0 Å². The van der Waals surface area contributed by atoms with Crippen LogP contribution in [-0.2, 0) is 14.3 Å². The number of hydrogen-bond acceptors (Lipinski definition) is 3. The minimum Gasteiger partial charge on any atom is -0.433 e. The molecule has 0 aliphatic heterocycles. The number of rotatable bonds is 8. The van der Waals surface area contributed by atoms with Crippen molar-refractivity contribution in [1.29, 1.82) is 0 Å². The van der Waals surface area contributed by atoms with Crippen molar-refractivity contribution in [2.24, 2.45) is 5.92 Å². The van der Waals surface area contributed by atoms with Crippen LogP contribution in [0.25, 0.3) is 0 Å². The first-order valence-corrected chi connectivity index (χ1v) is 6.32. The van der Waals surface area contributed by atoms with Crippen molar-refractivity contribution in [3.05, 3.63) is 0 Å². The molecule has 1 atom stereocenters. The molecule has 0 rings (SSSR count). The Morgan fingerprint density at radius 2 is 1.88 bits per heavy atom.